The summed E-state index contributed by atoms with van der Waals surface area (Å²) in [6.45, 7) is 0. The molecule has 1 N–H and O–H groups in total. The molecule has 0 radical (unpaired) electrons. The average molecular weight is 178 g/mol. The monoisotopic (exact) mass is 178 g/mol. The third-order valence-electron chi connectivity index (χ3n) is 0.908. The molecule has 0 unspecified atom stereocenters. The maximum Gasteiger partial charge on any atom is 0.267 e. The van der Waals surface area contributed by atoms with Crippen molar-refractivity contribution in [1.82, 2.24) is 9.71 Å². The van der Waals surface area contributed by atoms with E-state index in [9.17, 15) is 8.42 Å². The first-order chi connectivity index (χ1) is 4.67. The molecule has 1 heterocycles. The van der Waals surface area contributed by atoms with Gasteiger partial charge in [0.2, 0.25) is 4.34 Å². The molecule has 10 heavy (non-hydrogen) atoms. The Bertz CT molecular complexity index is 289. The van der Waals surface area contributed by atoms with Crippen molar-refractivity contribution in [3.05, 3.63) is 11.6 Å². The van der Waals surface area contributed by atoms with Crippen LogP contribution in [0, 0.1) is 0 Å². The summed E-state index contributed by atoms with van der Waals surface area (Å²) >= 11 is 1.09. The van der Waals surface area contributed by atoms with E-state index in [0.717, 1.165) is 11.3 Å². The van der Waals surface area contributed by atoms with Crippen molar-refractivity contribution in [3.8, 4) is 0 Å². The van der Waals surface area contributed by atoms with E-state index in [-0.39, 0.29) is 4.34 Å². The number of thiazole rings is 1. The van der Waals surface area contributed by atoms with Crippen LogP contribution < -0.4 is 4.72 Å². The lowest BCUT2D eigenvalue weighted by molar-refractivity contribution is 0.587. The van der Waals surface area contributed by atoms with E-state index in [1.54, 1.807) is 5.38 Å². The Morgan fingerprint density at radius 1 is 1.70 bits per heavy atom. The van der Waals surface area contributed by atoms with Gasteiger partial charge in [-0.3, -0.25) is 0 Å². The normalized spacial score (nSPS) is 11.7. The van der Waals surface area contributed by atoms with Gasteiger partial charge in [-0.25, -0.2) is 18.1 Å². The van der Waals surface area contributed by atoms with E-state index >= 15 is 0 Å². The molecule has 6 heteroatoms. The highest BCUT2D eigenvalue weighted by Gasteiger charge is 2.12. The zero-order valence-corrected chi connectivity index (χ0v) is 6.87. The minimum atomic E-state index is -3.30. The van der Waals surface area contributed by atoms with Crippen molar-refractivity contribution in [2.45, 2.75) is 4.34 Å². The predicted octanol–water partition coefficient (Wildman–Crippen LogP) is 0.0512. The highest BCUT2D eigenvalue weighted by atomic mass is 32.2. The maximum atomic E-state index is 10.9. The summed E-state index contributed by atoms with van der Waals surface area (Å²) in [5.74, 6) is 0. The van der Waals surface area contributed by atoms with Crippen LogP contribution in [0.5, 0.6) is 0 Å². The molecule has 0 aliphatic rings. The second-order valence-electron chi connectivity index (χ2n) is 1.51. The van der Waals surface area contributed by atoms with E-state index in [0.29, 0.717) is 0 Å². The fraction of sp³-hybridized carbons (Fsp3) is 0.250. The predicted molar refractivity (Wildman–Crippen MR) is 38.4 cm³/mol. The number of hydrogen-bond donors (Lipinski definition) is 1. The first kappa shape index (κ1) is 7.64. The number of hydrogen-bond acceptors (Lipinski definition) is 4. The highest BCUT2D eigenvalue weighted by molar-refractivity contribution is 7.91. The van der Waals surface area contributed by atoms with Crippen molar-refractivity contribution in [3.63, 3.8) is 0 Å². The van der Waals surface area contributed by atoms with Gasteiger partial charge in [-0.2, -0.15) is 0 Å². The number of nitrogens with zero attached hydrogens (tertiary/aromatic N) is 1. The summed E-state index contributed by atoms with van der Waals surface area (Å²) in [7, 11) is -1.94. The first-order valence-electron chi connectivity index (χ1n) is 2.50. The molecular formula is C4H6N2O2S2. The zero-order chi connectivity index (χ0) is 7.61. The lowest BCUT2D eigenvalue weighted by atomic mass is 11.0. The van der Waals surface area contributed by atoms with Crippen molar-refractivity contribution in [1.29, 1.82) is 0 Å². The topological polar surface area (TPSA) is 59.1 Å². The fourth-order valence-corrected chi connectivity index (χ4v) is 2.09. The Labute approximate surface area is 63.0 Å². The summed E-state index contributed by atoms with van der Waals surface area (Å²) in [5.41, 5.74) is 0. The molecule has 1 rings (SSSR count). The molecule has 0 saturated heterocycles. The van der Waals surface area contributed by atoms with E-state index in [1.165, 1.54) is 13.2 Å². The molecule has 56 valence electrons. The molecule has 4 nitrogen and oxygen atoms in total. The lowest BCUT2D eigenvalue weighted by Gasteiger charge is -1.93. The SMILES string of the molecule is CNS(=O)(=O)c1nccs1. The van der Waals surface area contributed by atoms with Crippen LogP contribution in [0.1, 0.15) is 0 Å². The molecule has 0 spiro atoms. The Hall–Kier alpha value is -0.460. The Morgan fingerprint density at radius 2 is 2.40 bits per heavy atom. The molecule has 1 aromatic rings. The smallest absolute Gasteiger partial charge is 0.233 e. The number of sulfonamides is 1. The maximum absolute atomic E-state index is 10.9. The molecule has 0 bridgehead atoms. The molecule has 0 aliphatic heterocycles. The Morgan fingerprint density at radius 3 is 2.80 bits per heavy atom. The van der Waals surface area contributed by atoms with Crippen LogP contribution >= 0.6 is 11.3 Å². The van der Waals surface area contributed by atoms with Gasteiger partial charge in [-0.05, 0) is 7.05 Å². The second kappa shape index (κ2) is 2.65. The largest absolute Gasteiger partial charge is 0.267 e. The summed E-state index contributed by atoms with van der Waals surface area (Å²) in [4.78, 5) is 3.63. The first-order valence-corrected chi connectivity index (χ1v) is 4.86. The van der Waals surface area contributed by atoms with E-state index in [1.807, 2.05) is 0 Å². The molecule has 0 fully saturated rings. The van der Waals surface area contributed by atoms with Crippen molar-refractivity contribution < 1.29 is 8.42 Å². The third-order valence-corrected chi connectivity index (χ3v) is 3.52. The molecule has 0 atom stereocenters. The van der Waals surface area contributed by atoms with Crippen LogP contribution in [0.4, 0.5) is 0 Å². The minimum Gasteiger partial charge on any atom is -0.233 e. The van der Waals surface area contributed by atoms with Crippen LogP contribution in [-0.2, 0) is 10.0 Å². The van der Waals surface area contributed by atoms with E-state index in [4.69, 9.17) is 0 Å². The second-order valence-corrected chi connectivity index (χ2v) is 4.46. The standard InChI is InChI=1S/C4H6N2O2S2/c1-5-10(7,8)4-6-2-3-9-4/h2-3,5H,1H3. The third kappa shape index (κ3) is 1.34. The molecule has 0 aromatic carbocycles. The van der Waals surface area contributed by atoms with Gasteiger partial charge in [0.25, 0.3) is 10.0 Å². The van der Waals surface area contributed by atoms with Crippen molar-refractivity contribution in [2.24, 2.45) is 0 Å². The Balaban J connectivity index is 3.09. The van der Waals surface area contributed by atoms with Gasteiger partial charge in [0.05, 0.1) is 0 Å². The molecule has 0 amide bonds. The van der Waals surface area contributed by atoms with Crippen LogP contribution in [0.15, 0.2) is 15.9 Å². The Kier molecular flexibility index (Phi) is 2.02. The lowest BCUT2D eigenvalue weighted by Crippen LogP contribution is -2.18. The van der Waals surface area contributed by atoms with Gasteiger partial charge < -0.3 is 0 Å². The van der Waals surface area contributed by atoms with Crippen molar-refractivity contribution in [2.75, 3.05) is 7.05 Å². The summed E-state index contributed by atoms with van der Waals surface area (Å²) in [6.07, 6.45) is 1.45. The molecular weight excluding hydrogens is 172 g/mol. The molecule has 0 aliphatic carbocycles. The average Bonchev–Trinajstić information content (AvgIpc) is 2.38. The molecule has 0 saturated carbocycles. The quantitative estimate of drug-likeness (QED) is 0.696. The fourth-order valence-electron chi connectivity index (χ4n) is 0.430. The van der Waals surface area contributed by atoms with Gasteiger partial charge >= 0.3 is 0 Å². The molecule has 1 aromatic heterocycles. The summed E-state index contributed by atoms with van der Waals surface area (Å²) < 4.78 is 24.1. The van der Waals surface area contributed by atoms with Gasteiger partial charge in [0, 0.05) is 11.6 Å². The van der Waals surface area contributed by atoms with Crippen LogP contribution in [0.2, 0.25) is 0 Å². The highest BCUT2D eigenvalue weighted by Crippen LogP contribution is 2.09. The van der Waals surface area contributed by atoms with Gasteiger partial charge in [-0.1, -0.05) is 0 Å². The minimum absolute atomic E-state index is 0.106. The number of rotatable bonds is 2. The van der Waals surface area contributed by atoms with Crippen LogP contribution in [0.25, 0.3) is 0 Å². The van der Waals surface area contributed by atoms with Gasteiger partial charge in [0.15, 0.2) is 0 Å². The van der Waals surface area contributed by atoms with Gasteiger partial charge in [-0.15, -0.1) is 11.3 Å². The van der Waals surface area contributed by atoms with Crippen LogP contribution in [0.3, 0.4) is 0 Å². The number of aromatic nitrogens is 1. The zero-order valence-electron chi connectivity index (χ0n) is 5.23. The summed E-state index contributed by atoms with van der Waals surface area (Å²) in [6, 6.07) is 0. The van der Waals surface area contributed by atoms with Crippen LogP contribution in [-0.4, -0.2) is 20.4 Å². The van der Waals surface area contributed by atoms with Gasteiger partial charge in [0.1, 0.15) is 0 Å². The number of nitrogens with one attached hydrogen (secondary N) is 1. The van der Waals surface area contributed by atoms with Crippen molar-refractivity contribution >= 4 is 21.4 Å². The summed E-state index contributed by atoms with van der Waals surface area (Å²) in [5, 5.41) is 1.62. The van der Waals surface area contributed by atoms with E-state index in [2.05, 4.69) is 9.71 Å². The van der Waals surface area contributed by atoms with E-state index < -0.39 is 10.0 Å².